The van der Waals surface area contributed by atoms with Gasteiger partial charge in [0.2, 0.25) is 0 Å². The minimum absolute atomic E-state index is 0.568. The summed E-state index contributed by atoms with van der Waals surface area (Å²) in [5.41, 5.74) is 1.23. The molecule has 2 rings (SSSR count). The summed E-state index contributed by atoms with van der Waals surface area (Å²) in [7, 11) is 0. The molecule has 3 heteroatoms. The Labute approximate surface area is 96.2 Å². The Kier molecular flexibility index (Phi) is 2.75. The highest BCUT2D eigenvalue weighted by atomic mass is 79.9. The number of hydrogen-bond acceptors (Lipinski definition) is 1. The number of nitrogens with zero attached hydrogens (tertiary/aromatic N) is 1. The lowest BCUT2D eigenvalue weighted by Crippen LogP contribution is -1.87. The van der Waals surface area contributed by atoms with Crippen LogP contribution < -0.4 is 0 Å². The van der Waals surface area contributed by atoms with Crippen LogP contribution >= 0.6 is 27.5 Å². The van der Waals surface area contributed by atoms with Crippen molar-refractivity contribution in [3.8, 4) is 0 Å². The highest BCUT2D eigenvalue weighted by Gasteiger charge is 2.04. The molecular formula is C11H9BrClN. The van der Waals surface area contributed by atoms with Crippen LogP contribution in [0, 0.1) is 0 Å². The van der Waals surface area contributed by atoms with Crippen LogP contribution in [0.4, 0.5) is 0 Å². The molecule has 0 saturated carbocycles. The zero-order valence-corrected chi connectivity index (χ0v) is 10.1. The normalized spacial score (nSPS) is 10.8. The van der Waals surface area contributed by atoms with Crippen molar-refractivity contribution < 1.29 is 0 Å². The number of pyridine rings is 1. The SMILES string of the molecule is CCc1cnc(Cl)c2cc(Br)ccc12. The Bertz CT molecular complexity index is 482. The van der Waals surface area contributed by atoms with E-state index >= 15 is 0 Å². The minimum atomic E-state index is 0.568. The van der Waals surface area contributed by atoms with Crippen molar-refractivity contribution in [2.24, 2.45) is 0 Å². The molecule has 0 aliphatic heterocycles. The number of aryl methyl sites for hydroxylation is 1. The average Bonchev–Trinajstić information content (AvgIpc) is 2.19. The number of aromatic nitrogens is 1. The van der Waals surface area contributed by atoms with Crippen LogP contribution in [0.25, 0.3) is 10.8 Å². The monoisotopic (exact) mass is 269 g/mol. The quantitative estimate of drug-likeness (QED) is 0.707. The molecule has 0 aliphatic rings. The summed E-state index contributed by atoms with van der Waals surface area (Å²) < 4.78 is 1.03. The molecule has 0 radical (unpaired) electrons. The molecule has 0 spiro atoms. The molecular weight excluding hydrogens is 261 g/mol. The van der Waals surface area contributed by atoms with Crippen LogP contribution in [0.15, 0.2) is 28.9 Å². The van der Waals surface area contributed by atoms with Gasteiger partial charge < -0.3 is 0 Å². The molecule has 1 aromatic carbocycles. The molecule has 1 aromatic heterocycles. The van der Waals surface area contributed by atoms with Gasteiger partial charge in [-0.25, -0.2) is 4.98 Å². The molecule has 14 heavy (non-hydrogen) atoms. The van der Waals surface area contributed by atoms with Gasteiger partial charge in [0.15, 0.2) is 0 Å². The number of halogens is 2. The van der Waals surface area contributed by atoms with Gasteiger partial charge in [-0.2, -0.15) is 0 Å². The van der Waals surface area contributed by atoms with Crippen LogP contribution in [0.3, 0.4) is 0 Å². The van der Waals surface area contributed by atoms with Crippen molar-refractivity contribution in [3.63, 3.8) is 0 Å². The fourth-order valence-corrected chi connectivity index (χ4v) is 2.09. The molecule has 0 saturated heterocycles. The fraction of sp³-hybridized carbons (Fsp3) is 0.182. The van der Waals surface area contributed by atoms with Crippen molar-refractivity contribution in [3.05, 3.63) is 39.6 Å². The van der Waals surface area contributed by atoms with E-state index in [2.05, 4.69) is 33.9 Å². The predicted octanol–water partition coefficient (Wildman–Crippen LogP) is 4.21. The van der Waals surface area contributed by atoms with E-state index in [0.29, 0.717) is 5.15 Å². The lowest BCUT2D eigenvalue weighted by molar-refractivity contribution is 1.13. The number of fused-ring (bicyclic) bond motifs is 1. The van der Waals surface area contributed by atoms with Gasteiger partial charge in [-0.15, -0.1) is 0 Å². The van der Waals surface area contributed by atoms with Gasteiger partial charge in [-0.1, -0.05) is 40.5 Å². The maximum absolute atomic E-state index is 6.03. The Morgan fingerprint density at radius 2 is 2.14 bits per heavy atom. The predicted molar refractivity (Wildman–Crippen MR) is 63.8 cm³/mol. The van der Waals surface area contributed by atoms with Crippen LogP contribution in [0.5, 0.6) is 0 Å². The van der Waals surface area contributed by atoms with E-state index in [9.17, 15) is 0 Å². The summed E-state index contributed by atoms with van der Waals surface area (Å²) >= 11 is 9.45. The van der Waals surface area contributed by atoms with E-state index in [1.54, 1.807) is 0 Å². The Hall–Kier alpha value is -0.600. The lowest BCUT2D eigenvalue weighted by atomic mass is 10.1. The van der Waals surface area contributed by atoms with E-state index in [1.165, 1.54) is 10.9 Å². The van der Waals surface area contributed by atoms with Gasteiger partial charge in [0, 0.05) is 16.1 Å². The molecule has 1 nitrogen and oxygen atoms in total. The molecule has 0 fully saturated rings. The Balaban J connectivity index is 2.84. The van der Waals surface area contributed by atoms with Gasteiger partial charge in [0.25, 0.3) is 0 Å². The third kappa shape index (κ3) is 1.64. The largest absolute Gasteiger partial charge is 0.244 e. The zero-order chi connectivity index (χ0) is 10.1. The molecule has 72 valence electrons. The van der Waals surface area contributed by atoms with Crippen LogP contribution in [-0.2, 0) is 6.42 Å². The maximum atomic E-state index is 6.03. The molecule has 0 aliphatic carbocycles. The second-order valence-electron chi connectivity index (χ2n) is 3.12. The summed E-state index contributed by atoms with van der Waals surface area (Å²) in [5.74, 6) is 0. The van der Waals surface area contributed by atoms with Gasteiger partial charge in [0.05, 0.1) is 0 Å². The van der Waals surface area contributed by atoms with Gasteiger partial charge in [-0.3, -0.25) is 0 Å². The molecule has 1 heterocycles. The average molecular weight is 271 g/mol. The van der Waals surface area contributed by atoms with Crippen LogP contribution in [-0.4, -0.2) is 4.98 Å². The summed E-state index contributed by atoms with van der Waals surface area (Å²) in [5, 5.41) is 2.77. The first kappa shape index (κ1) is 9.94. The first-order valence-corrected chi connectivity index (χ1v) is 5.62. The van der Waals surface area contributed by atoms with Gasteiger partial charge >= 0.3 is 0 Å². The third-order valence-corrected chi connectivity index (χ3v) is 3.06. The highest BCUT2D eigenvalue weighted by molar-refractivity contribution is 9.10. The molecule has 0 atom stereocenters. The lowest BCUT2D eigenvalue weighted by Gasteiger charge is -2.05. The molecule has 0 bridgehead atoms. The van der Waals surface area contributed by atoms with Crippen molar-refractivity contribution >= 4 is 38.3 Å². The molecule has 0 amide bonds. The number of rotatable bonds is 1. The zero-order valence-electron chi connectivity index (χ0n) is 7.72. The summed E-state index contributed by atoms with van der Waals surface area (Å²) in [6, 6.07) is 6.10. The standard InChI is InChI=1S/C11H9BrClN/c1-2-7-6-14-11(13)10-5-8(12)3-4-9(7)10/h3-6H,2H2,1H3. The van der Waals surface area contributed by atoms with Crippen molar-refractivity contribution in [1.82, 2.24) is 4.98 Å². The summed E-state index contributed by atoms with van der Waals surface area (Å²) in [4.78, 5) is 4.16. The van der Waals surface area contributed by atoms with Crippen LogP contribution in [0.1, 0.15) is 12.5 Å². The second kappa shape index (κ2) is 3.87. The van der Waals surface area contributed by atoms with E-state index in [1.807, 2.05) is 18.3 Å². The van der Waals surface area contributed by atoms with Crippen molar-refractivity contribution in [2.75, 3.05) is 0 Å². The smallest absolute Gasteiger partial charge is 0.136 e. The topological polar surface area (TPSA) is 12.9 Å². The molecule has 0 N–H and O–H groups in total. The van der Waals surface area contributed by atoms with E-state index in [-0.39, 0.29) is 0 Å². The third-order valence-electron chi connectivity index (χ3n) is 2.26. The first-order valence-electron chi connectivity index (χ1n) is 4.45. The second-order valence-corrected chi connectivity index (χ2v) is 4.39. The maximum Gasteiger partial charge on any atom is 0.136 e. The highest BCUT2D eigenvalue weighted by Crippen LogP contribution is 2.27. The summed E-state index contributed by atoms with van der Waals surface area (Å²) in [6.45, 7) is 2.12. The minimum Gasteiger partial charge on any atom is -0.244 e. The Morgan fingerprint density at radius 3 is 2.86 bits per heavy atom. The summed E-state index contributed by atoms with van der Waals surface area (Å²) in [6.07, 6.45) is 2.82. The van der Waals surface area contributed by atoms with E-state index < -0.39 is 0 Å². The van der Waals surface area contributed by atoms with E-state index in [4.69, 9.17) is 11.6 Å². The van der Waals surface area contributed by atoms with Gasteiger partial charge in [0.1, 0.15) is 5.15 Å². The van der Waals surface area contributed by atoms with Crippen molar-refractivity contribution in [1.29, 1.82) is 0 Å². The molecule has 2 aromatic rings. The van der Waals surface area contributed by atoms with E-state index in [0.717, 1.165) is 16.3 Å². The Morgan fingerprint density at radius 1 is 1.36 bits per heavy atom. The number of benzene rings is 1. The number of hydrogen-bond donors (Lipinski definition) is 0. The molecule has 0 unspecified atom stereocenters. The fourth-order valence-electron chi connectivity index (χ4n) is 1.52. The van der Waals surface area contributed by atoms with Crippen molar-refractivity contribution in [2.45, 2.75) is 13.3 Å². The first-order chi connectivity index (χ1) is 6.72. The van der Waals surface area contributed by atoms with Gasteiger partial charge in [-0.05, 0) is 29.5 Å². The van der Waals surface area contributed by atoms with Crippen LogP contribution in [0.2, 0.25) is 5.15 Å².